The zero-order chi connectivity index (χ0) is 17.4. The highest BCUT2D eigenvalue weighted by Crippen LogP contribution is 2.24. The predicted molar refractivity (Wildman–Crippen MR) is 83.9 cm³/mol. The Labute approximate surface area is 134 Å². The maximum Gasteiger partial charge on any atom is 0.278 e. The molecule has 120 valence electrons. The van der Waals surface area contributed by atoms with Gasteiger partial charge in [-0.3, -0.25) is 25.0 Å². The van der Waals surface area contributed by atoms with E-state index in [1.165, 1.54) is 36.4 Å². The smallest absolute Gasteiger partial charge is 0.267 e. The van der Waals surface area contributed by atoms with Gasteiger partial charge in [-0.1, -0.05) is 6.07 Å². The van der Waals surface area contributed by atoms with E-state index in [2.05, 4.69) is 5.10 Å². The largest absolute Gasteiger partial charge is 0.278 e. The highest BCUT2D eigenvalue weighted by atomic mass is 16.6. The molecule has 0 aliphatic heterocycles. The van der Waals surface area contributed by atoms with E-state index < -0.39 is 15.8 Å². The van der Waals surface area contributed by atoms with Gasteiger partial charge in [-0.2, -0.15) is 9.78 Å². The number of nitrogens with zero attached hydrogens (tertiary/aromatic N) is 4. The number of non-ortho nitro benzene ring substituents is 2. The Bertz CT molecular complexity index is 1010. The van der Waals surface area contributed by atoms with Crippen molar-refractivity contribution in [1.82, 2.24) is 9.78 Å². The minimum absolute atomic E-state index is 0.0695. The first-order chi connectivity index (χ1) is 11.4. The molecule has 0 fully saturated rings. The molecule has 0 saturated heterocycles. The zero-order valence-corrected chi connectivity index (χ0v) is 12.4. The standard InChI is InChI=1S/C15H10N4O5/c1-9-13-6-5-12(19(23)24)8-14(13)17(16-9)15(20)10-3-2-4-11(7-10)18(21)22/h2-8H,1H3. The Morgan fingerprint density at radius 2 is 1.71 bits per heavy atom. The van der Waals surface area contributed by atoms with Crippen LogP contribution in [0.15, 0.2) is 42.5 Å². The normalized spacial score (nSPS) is 10.7. The van der Waals surface area contributed by atoms with E-state index in [0.29, 0.717) is 11.1 Å². The zero-order valence-electron chi connectivity index (χ0n) is 12.4. The minimum atomic E-state index is -0.603. The summed E-state index contributed by atoms with van der Waals surface area (Å²) < 4.78 is 1.02. The number of carbonyl (C=O) groups is 1. The molecule has 2 aromatic carbocycles. The van der Waals surface area contributed by atoms with Crippen molar-refractivity contribution in [2.24, 2.45) is 0 Å². The van der Waals surface area contributed by atoms with Crippen LogP contribution in [0.4, 0.5) is 11.4 Å². The van der Waals surface area contributed by atoms with Crippen LogP contribution in [0, 0.1) is 27.2 Å². The Morgan fingerprint density at radius 3 is 2.38 bits per heavy atom. The second kappa shape index (κ2) is 5.54. The molecule has 0 amide bonds. The van der Waals surface area contributed by atoms with E-state index in [4.69, 9.17) is 0 Å². The number of nitro benzene ring substituents is 2. The molecule has 1 aromatic heterocycles. The summed E-state index contributed by atoms with van der Waals surface area (Å²) in [7, 11) is 0. The minimum Gasteiger partial charge on any atom is -0.267 e. The van der Waals surface area contributed by atoms with Crippen LogP contribution in [0.3, 0.4) is 0 Å². The van der Waals surface area contributed by atoms with Crippen LogP contribution in [0.1, 0.15) is 16.1 Å². The Morgan fingerprint density at radius 1 is 1.04 bits per heavy atom. The molecule has 0 unspecified atom stereocenters. The van der Waals surface area contributed by atoms with Crippen molar-refractivity contribution >= 4 is 28.2 Å². The molecule has 0 bridgehead atoms. The Balaban J connectivity index is 2.16. The lowest BCUT2D eigenvalue weighted by Crippen LogP contribution is -2.14. The van der Waals surface area contributed by atoms with E-state index in [0.717, 1.165) is 10.7 Å². The molecular formula is C15H10N4O5. The lowest BCUT2D eigenvalue weighted by molar-refractivity contribution is -0.385. The SMILES string of the molecule is Cc1nn(C(=O)c2cccc([N+](=O)[O-])c2)c2cc([N+](=O)[O-])ccc12. The lowest BCUT2D eigenvalue weighted by Gasteiger charge is -2.02. The van der Waals surface area contributed by atoms with Crippen molar-refractivity contribution in [2.75, 3.05) is 0 Å². The van der Waals surface area contributed by atoms with Gasteiger partial charge in [-0.05, 0) is 19.1 Å². The molecule has 0 spiro atoms. The molecule has 0 radical (unpaired) electrons. The fourth-order valence-corrected chi connectivity index (χ4v) is 2.40. The van der Waals surface area contributed by atoms with Crippen molar-refractivity contribution in [3.63, 3.8) is 0 Å². The van der Waals surface area contributed by atoms with Gasteiger partial charge >= 0.3 is 0 Å². The van der Waals surface area contributed by atoms with E-state index in [-0.39, 0.29) is 22.5 Å². The fraction of sp³-hybridized carbons (Fsp3) is 0.0667. The van der Waals surface area contributed by atoms with Crippen LogP contribution in [0.5, 0.6) is 0 Å². The van der Waals surface area contributed by atoms with Crippen LogP contribution < -0.4 is 0 Å². The quantitative estimate of drug-likeness (QED) is 0.539. The van der Waals surface area contributed by atoms with Gasteiger partial charge in [-0.25, -0.2) is 0 Å². The number of aryl methyl sites for hydroxylation is 1. The molecule has 0 aliphatic rings. The average Bonchev–Trinajstić information content (AvgIpc) is 2.90. The number of fused-ring (bicyclic) bond motifs is 1. The summed E-state index contributed by atoms with van der Waals surface area (Å²) in [6.45, 7) is 1.67. The third-order valence-corrected chi connectivity index (χ3v) is 3.56. The first-order valence-electron chi connectivity index (χ1n) is 6.81. The van der Waals surface area contributed by atoms with Gasteiger partial charge in [0.1, 0.15) is 0 Å². The topological polar surface area (TPSA) is 121 Å². The van der Waals surface area contributed by atoms with E-state index in [1.54, 1.807) is 6.92 Å². The summed E-state index contributed by atoms with van der Waals surface area (Å²) in [5.41, 5.74) is 0.479. The second-order valence-electron chi connectivity index (χ2n) is 5.07. The van der Waals surface area contributed by atoms with Crippen LogP contribution in [0.2, 0.25) is 0 Å². The van der Waals surface area contributed by atoms with Gasteiger partial charge in [0.05, 0.1) is 21.1 Å². The van der Waals surface area contributed by atoms with Gasteiger partial charge in [-0.15, -0.1) is 0 Å². The number of carbonyl (C=O) groups excluding carboxylic acids is 1. The Hall–Kier alpha value is -3.62. The van der Waals surface area contributed by atoms with Crippen molar-refractivity contribution in [3.05, 3.63) is 74.0 Å². The van der Waals surface area contributed by atoms with Crippen molar-refractivity contribution < 1.29 is 14.6 Å². The van der Waals surface area contributed by atoms with Crippen LogP contribution in [-0.2, 0) is 0 Å². The number of hydrogen-bond acceptors (Lipinski definition) is 6. The monoisotopic (exact) mass is 326 g/mol. The van der Waals surface area contributed by atoms with Crippen molar-refractivity contribution in [3.8, 4) is 0 Å². The molecule has 3 rings (SSSR count). The predicted octanol–water partition coefficient (Wildman–Crippen LogP) is 2.85. The highest BCUT2D eigenvalue weighted by Gasteiger charge is 2.19. The summed E-state index contributed by atoms with van der Waals surface area (Å²) in [4.78, 5) is 33.3. The molecule has 0 aliphatic carbocycles. The maximum atomic E-state index is 12.6. The maximum absolute atomic E-state index is 12.6. The molecule has 24 heavy (non-hydrogen) atoms. The van der Waals surface area contributed by atoms with E-state index >= 15 is 0 Å². The summed E-state index contributed by atoms with van der Waals surface area (Å²) >= 11 is 0. The third kappa shape index (κ3) is 2.47. The lowest BCUT2D eigenvalue weighted by atomic mass is 10.1. The summed E-state index contributed by atoms with van der Waals surface area (Å²) in [5, 5.41) is 26.5. The number of rotatable bonds is 3. The van der Waals surface area contributed by atoms with Crippen LogP contribution in [0.25, 0.3) is 10.9 Å². The first kappa shape index (κ1) is 15.3. The number of nitro groups is 2. The molecule has 3 aromatic rings. The molecule has 0 saturated carbocycles. The van der Waals surface area contributed by atoms with Crippen molar-refractivity contribution in [2.45, 2.75) is 6.92 Å². The summed E-state index contributed by atoms with van der Waals surface area (Å²) in [6.07, 6.45) is 0. The summed E-state index contributed by atoms with van der Waals surface area (Å²) in [6, 6.07) is 9.34. The van der Waals surface area contributed by atoms with E-state index in [1.807, 2.05) is 0 Å². The molecule has 1 heterocycles. The molecule has 9 nitrogen and oxygen atoms in total. The Kier molecular flexibility index (Phi) is 3.53. The molecule has 9 heteroatoms. The van der Waals surface area contributed by atoms with Gasteiger partial charge in [0.15, 0.2) is 0 Å². The highest BCUT2D eigenvalue weighted by molar-refractivity contribution is 6.02. The first-order valence-corrected chi connectivity index (χ1v) is 6.81. The molecule has 0 N–H and O–H groups in total. The van der Waals surface area contributed by atoms with Gasteiger partial charge in [0, 0.05) is 35.2 Å². The number of aromatic nitrogens is 2. The van der Waals surface area contributed by atoms with Gasteiger partial charge in [0.2, 0.25) is 0 Å². The number of hydrogen-bond donors (Lipinski definition) is 0. The molecular weight excluding hydrogens is 316 g/mol. The van der Waals surface area contributed by atoms with Crippen molar-refractivity contribution in [1.29, 1.82) is 0 Å². The van der Waals surface area contributed by atoms with Gasteiger partial charge < -0.3 is 0 Å². The third-order valence-electron chi connectivity index (χ3n) is 3.56. The van der Waals surface area contributed by atoms with Gasteiger partial charge in [0.25, 0.3) is 17.3 Å². The van der Waals surface area contributed by atoms with Crippen LogP contribution in [-0.4, -0.2) is 25.5 Å². The van der Waals surface area contributed by atoms with E-state index in [9.17, 15) is 25.0 Å². The number of benzene rings is 2. The van der Waals surface area contributed by atoms with Crippen LogP contribution >= 0.6 is 0 Å². The fourth-order valence-electron chi connectivity index (χ4n) is 2.40. The molecule has 0 atom stereocenters. The average molecular weight is 326 g/mol. The summed E-state index contributed by atoms with van der Waals surface area (Å²) in [5.74, 6) is -0.600. The second-order valence-corrected chi connectivity index (χ2v) is 5.07.